The molecule has 2 aliphatic rings. The highest BCUT2D eigenvalue weighted by molar-refractivity contribution is 7.84. The Bertz CT molecular complexity index is 339. The van der Waals surface area contributed by atoms with Crippen molar-refractivity contribution < 1.29 is 10.2 Å². The van der Waals surface area contributed by atoms with Gasteiger partial charge in [0.05, 0.1) is 23.5 Å². The zero-order valence-electron chi connectivity index (χ0n) is 7.25. The van der Waals surface area contributed by atoms with Crippen molar-refractivity contribution in [2.75, 3.05) is 13.3 Å². The summed E-state index contributed by atoms with van der Waals surface area (Å²) in [7, 11) is 0. The summed E-state index contributed by atoms with van der Waals surface area (Å²) in [5, 5.41) is 21.4. The van der Waals surface area contributed by atoms with Crippen LogP contribution in [0.1, 0.15) is 0 Å². The molecule has 0 radical (unpaired) electrons. The van der Waals surface area contributed by atoms with E-state index in [-0.39, 0.29) is 13.3 Å². The molecule has 0 atom stereocenters. The lowest BCUT2D eigenvalue weighted by atomic mass is 10.3. The van der Waals surface area contributed by atoms with Gasteiger partial charge in [0.15, 0.2) is 5.82 Å². The maximum Gasteiger partial charge on any atom is 0.167 e. The topological polar surface area (TPSA) is 71.3 Å². The third-order valence-electron chi connectivity index (χ3n) is 1.83. The number of thiol groups is 1. The van der Waals surface area contributed by atoms with Gasteiger partial charge in [-0.3, -0.25) is 5.01 Å². The Morgan fingerprint density at radius 2 is 2.29 bits per heavy atom. The number of nitrogens with zero attached hydrogens (tertiary/aromatic N) is 3. The molecule has 0 aromatic rings. The first-order valence-corrected chi connectivity index (χ1v) is 4.44. The van der Waals surface area contributed by atoms with Crippen LogP contribution in [-0.2, 0) is 0 Å². The number of hydrogen-bond donors (Lipinski definition) is 4. The molecule has 2 heterocycles. The molecule has 0 aromatic heterocycles. The molecule has 0 amide bonds. The normalized spacial score (nSPS) is 20.4. The molecule has 0 saturated heterocycles. The molecule has 76 valence electrons. The number of hydrogen-bond acceptors (Lipinski definition) is 7. The highest BCUT2D eigenvalue weighted by atomic mass is 32.1. The van der Waals surface area contributed by atoms with E-state index in [2.05, 4.69) is 23.2 Å². The Labute approximate surface area is 86.2 Å². The number of nitrogens with one attached hydrogen (secondary N) is 1. The Morgan fingerprint density at radius 1 is 1.50 bits per heavy atom. The summed E-state index contributed by atoms with van der Waals surface area (Å²) in [4.78, 5) is 4.12. The fourth-order valence-corrected chi connectivity index (χ4v) is 1.50. The highest BCUT2D eigenvalue weighted by Crippen LogP contribution is 2.24. The van der Waals surface area contributed by atoms with Crippen LogP contribution in [0.2, 0.25) is 0 Å². The van der Waals surface area contributed by atoms with E-state index in [0.29, 0.717) is 16.6 Å². The molecule has 0 spiro atoms. The van der Waals surface area contributed by atoms with Gasteiger partial charge in [0, 0.05) is 0 Å². The first kappa shape index (κ1) is 9.53. The van der Waals surface area contributed by atoms with Crippen LogP contribution in [0.3, 0.4) is 0 Å². The molecule has 0 saturated carbocycles. The van der Waals surface area contributed by atoms with Gasteiger partial charge in [0.1, 0.15) is 6.73 Å². The second kappa shape index (κ2) is 3.62. The highest BCUT2D eigenvalue weighted by Gasteiger charge is 2.24. The minimum Gasteiger partial charge on any atom is -0.390 e. The zero-order valence-corrected chi connectivity index (χ0v) is 8.15. The van der Waals surface area contributed by atoms with Gasteiger partial charge in [-0.25, -0.2) is 10.0 Å². The number of aliphatic imine (C=N–C) groups is 1. The number of rotatable bonds is 2. The molecule has 0 aromatic carbocycles. The van der Waals surface area contributed by atoms with Crippen molar-refractivity contribution in [1.29, 1.82) is 0 Å². The molecule has 2 aliphatic heterocycles. The van der Waals surface area contributed by atoms with Crippen LogP contribution in [0.4, 0.5) is 0 Å². The molecule has 0 unspecified atom stereocenters. The van der Waals surface area contributed by atoms with Gasteiger partial charge >= 0.3 is 0 Å². The lowest BCUT2D eigenvalue weighted by Crippen LogP contribution is -2.40. The van der Waals surface area contributed by atoms with Crippen molar-refractivity contribution in [2.45, 2.75) is 0 Å². The molecule has 7 heteroatoms. The average molecular weight is 214 g/mol. The Kier molecular flexibility index (Phi) is 2.46. The first-order chi connectivity index (χ1) is 6.74. The number of hydrazine groups is 2. The minimum absolute atomic E-state index is 0.131. The monoisotopic (exact) mass is 214 g/mol. The Morgan fingerprint density at radius 3 is 2.93 bits per heavy atom. The summed E-state index contributed by atoms with van der Waals surface area (Å²) in [6.07, 6.45) is 3.27. The Balaban J connectivity index is 2.27. The molecular formula is C7H10N4O2S. The average Bonchev–Trinajstić information content (AvgIpc) is 2.61. The molecular weight excluding hydrogens is 204 g/mol. The zero-order chi connectivity index (χ0) is 10.1. The summed E-state index contributed by atoms with van der Waals surface area (Å²) in [6.45, 7) is -0.292. The summed E-state index contributed by atoms with van der Waals surface area (Å²) < 4.78 is 0. The number of fused-ring (bicyclic) bond motifs is 1. The quantitative estimate of drug-likeness (QED) is 0.443. The van der Waals surface area contributed by atoms with Crippen molar-refractivity contribution in [2.24, 2.45) is 4.99 Å². The third kappa shape index (κ3) is 1.50. The summed E-state index contributed by atoms with van der Waals surface area (Å²) >= 11 is 4.21. The van der Waals surface area contributed by atoms with Gasteiger partial charge in [0.2, 0.25) is 0 Å². The Hall–Kier alpha value is -1.02. The second-order valence-corrected chi connectivity index (χ2v) is 3.26. The molecule has 0 bridgehead atoms. The van der Waals surface area contributed by atoms with Crippen LogP contribution in [0, 0.1) is 0 Å². The van der Waals surface area contributed by atoms with Crippen LogP contribution in [-0.4, -0.2) is 39.3 Å². The smallest absolute Gasteiger partial charge is 0.167 e. The van der Waals surface area contributed by atoms with Gasteiger partial charge < -0.3 is 10.2 Å². The van der Waals surface area contributed by atoms with Gasteiger partial charge in [-0.2, -0.15) is 0 Å². The molecule has 0 fully saturated rings. The fourth-order valence-electron chi connectivity index (χ4n) is 1.20. The van der Waals surface area contributed by atoms with Crippen molar-refractivity contribution in [3.63, 3.8) is 0 Å². The maximum atomic E-state index is 8.91. The molecule has 14 heavy (non-hydrogen) atoms. The van der Waals surface area contributed by atoms with Crippen LogP contribution in [0.15, 0.2) is 28.1 Å². The molecule has 6 nitrogen and oxygen atoms in total. The molecule has 0 aliphatic carbocycles. The van der Waals surface area contributed by atoms with Crippen molar-refractivity contribution in [1.82, 2.24) is 15.6 Å². The third-order valence-corrected chi connectivity index (χ3v) is 2.16. The number of aliphatic hydroxyl groups is 2. The van der Waals surface area contributed by atoms with Crippen LogP contribution in [0.25, 0.3) is 0 Å². The predicted molar refractivity (Wildman–Crippen MR) is 53.6 cm³/mol. The van der Waals surface area contributed by atoms with Gasteiger partial charge in [-0.15, -0.1) is 18.2 Å². The summed E-state index contributed by atoms with van der Waals surface area (Å²) in [5.74, 6) is 0.593. The van der Waals surface area contributed by atoms with Crippen molar-refractivity contribution >= 4 is 18.3 Å². The van der Waals surface area contributed by atoms with Crippen LogP contribution >= 0.6 is 12.6 Å². The van der Waals surface area contributed by atoms with Crippen molar-refractivity contribution in [3.8, 4) is 0 Å². The van der Waals surface area contributed by atoms with Gasteiger partial charge in [-0.1, -0.05) is 0 Å². The molecule has 2 rings (SSSR count). The van der Waals surface area contributed by atoms with Gasteiger partial charge in [0.25, 0.3) is 0 Å². The van der Waals surface area contributed by atoms with Crippen molar-refractivity contribution in [3.05, 3.63) is 23.1 Å². The van der Waals surface area contributed by atoms with E-state index < -0.39 is 0 Å². The van der Waals surface area contributed by atoms with Crippen LogP contribution < -0.4 is 5.53 Å². The first-order valence-electron chi connectivity index (χ1n) is 3.99. The van der Waals surface area contributed by atoms with E-state index in [1.165, 1.54) is 5.01 Å². The number of aliphatic hydroxyl groups excluding tert-OH is 2. The maximum absolute atomic E-state index is 8.91. The van der Waals surface area contributed by atoms with Crippen LogP contribution in [0.5, 0.6) is 0 Å². The van der Waals surface area contributed by atoms with Gasteiger partial charge in [-0.05, 0) is 6.08 Å². The second-order valence-electron chi connectivity index (χ2n) is 2.80. The van der Waals surface area contributed by atoms with E-state index in [0.717, 1.165) is 0 Å². The SMILES string of the molecule is OCC1=NC2=CN(CO)NN2C(S)=C1. The van der Waals surface area contributed by atoms with E-state index >= 15 is 0 Å². The lowest BCUT2D eigenvalue weighted by molar-refractivity contribution is 0.0680. The standard InChI is InChI=1S/C7H10N4O2S/c12-3-5-1-7(14)11-6(8-5)2-10(4-13)9-11/h1-2,9,12-14H,3-4H2. The predicted octanol–water partition coefficient (Wildman–Crippen LogP) is -1.01. The summed E-state index contributed by atoms with van der Waals surface area (Å²) in [5.41, 5.74) is 3.37. The van der Waals surface area contributed by atoms with E-state index in [1.807, 2.05) is 0 Å². The fraction of sp³-hybridized carbons (Fsp3) is 0.286. The van der Waals surface area contributed by atoms with E-state index in [9.17, 15) is 0 Å². The molecule has 3 N–H and O–H groups in total. The largest absolute Gasteiger partial charge is 0.390 e. The lowest BCUT2D eigenvalue weighted by Gasteiger charge is -2.24. The summed E-state index contributed by atoms with van der Waals surface area (Å²) in [6, 6.07) is 0. The van der Waals surface area contributed by atoms with E-state index in [4.69, 9.17) is 10.2 Å². The van der Waals surface area contributed by atoms with E-state index in [1.54, 1.807) is 17.3 Å². The minimum atomic E-state index is -0.162.